The van der Waals surface area contributed by atoms with Gasteiger partial charge in [0, 0.05) is 18.1 Å². The van der Waals surface area contributed by atoms with Crippen LogP contribution in [0, 0.1) is 0 Å². The largest absolute Gasteiger partial charge is 0.401 e. The molecule has 2 heterocycles. The highest BCUT2D eigenvalue weighted by Gasteiger charge is 2.44. The molecular formula is C10H17F3N2. The highest BCUT2D eigenvalue weighted by Crippen LogP contribution is 2.37. The third-order valence-electron chi connectivity index (χ3n) is 3.65. The van der Waals surface area contributed by atoms with Crippen molar-refractivity contribution in [2.75, 3.05) is 13.6 Å². The molecule has 1 N–H and O–H groups in total. The van der Waals surface area contributed by atoms with Crippen molar-refractivity contribution in [3.63, 3.8) is 0 Å². The van der Waals surface area contributed by atoms with E-state index < -0.39 is 12.7 Å². The Kier molecular flexibility index (Phi) is 2.94. The molecule has 0 aromatic carbocycles. The standard InChI is InChI=1S/C10H17F3N2/c1-14-7-4-8-2-3-9(5-7)15(8)6-10(11,12)13/h7-9,14H,2-6H2,1H3. The quantitative estimate of drug-likeness (QED) is 0.766. The molecule has 2 bridgehead atoms. The molecule has 2 aliphatic rings. The summed E-state index contributed by atoms with van der Waals surface area (Å²) < 4.78 is 37.0. The summed E-state index contributed by atoms with van der Waals surface area (Å²) >= 11 is 0. The van der Waals surface area contributed by atoms with Crippen molar-refractivity contribution in [3.05, 3.63) is 0 Å². The molecule has 2 fully saturated rings. The van der Waals surface area contributed by atoms with Crippen molar-refractivity contribution >= 4 is 0 Å². The van der Waals surface area contributed by atoms with Gasteiger partial charge in [0.1, 0.15) is 0 Å². The van der Waals surface area contributed by atoms with Crippen LogP contribution in [-0.2, 0) is 0 Å². The summed E-state index contributed by atoms with van der Waals surface area (Å²) in [5.41, 5.74) is 0. The Morgan fingerprint density at radius 1 is 1.20 bits per heavy atom. The van der Waals surface area contributed by atoms with Crippen LogP contribution in [0.25, 0.3) is 0 Å². The molecule has 2 rings (SSSR count). The fourth-order valence-corrected chi connectivity index (χ4v) is 2.98. The number of halogens is 3. The molecule has 0 aromatic heterocycles. The van der Waals surface area contributed by atoms with Gasteiger partial charge in [-0.25, -0.2) is 0 Å². The maximum Gasteiger partial charge on any atom is 0.401 e. The molecule has 2 unspecified atom stereocenters. The Labute approximate surface area is 87.8 Å². The number of nitrogens with one attached hydrogen (secondary N) is 1. The number of fused-ring (bicyclic) bond motifs is 2. The Morgan fingerprint density at radius 3 is 2.13 bits per heavy atom. The van der Waals surface area contributed by atoms with Gasteiger partial charge in [-0.2, -0.15) is 13.2 Å². The van der Waals surface area contributed by atoms with Crippen molar-refractivity contribution in [2.24, 2.45) is 0 Å². The second kappa shape index (κ2) is 3.94. The van der Waals surface area contributed by atoms with Crippen LogP contribution >= 0.6 is 0 Å². The summed E-state index contributed by atoms with van der Waals surface area (Å²) in [5, 5.41) is 3.18. The first-order chi connectivity index (χ1) is 6.99. The van der Waals surface area contributed by atoms with Crippen molar-refractivity contribution < 1.29 is 13.2 Å². The SMILES string of the molecule is CNC1CC2CCC(C1)N2CC(F)(F)F. The monoisotopic (exact) mass is 222 g/mol. The molecule has 15 heavy (non-hydrogen) atoms. The average Bonchev–Trinajstić information content (AvgIpc) is 2.37. The van der Waals surface area contributed by atoms with Crippen LogP contribution in [-0.4, -0.2) is 42.8 Å². The summed E-state index contributed by atoms with van der Waals surface area (Å²) in [6.07, 6.45) is -0.461. The molecule has 88 valence electrons. The van der Waals surface area contributed by atoms with Crippen LogP contribution in [0.4, 0.5) is 13.2 Å². The van der Waals surface area contributed by atoms with Gasteiger partial charge >= 0.3 is 6.18 Å². The van der Waals surface area contributed by atoms with E-state index in [9.17, 15) is 13.2 Å². The van der Waals surface area contributed by atoms with Crippen molar-refractivity contribution in [3.8, 4) is 0 Å². The van der Waals surface area contributed by atoms with E-state index >= 15 is 0 Å². The number of nitrogens with zero attached hydrogens (tertiary/aromatic N) is 1. The molecule has 0 amide bonds. The topological polar surface area (TPSA) is 15.3 Å². The number of hydrogen-bond acceptors (Lipinski definition) is 2. The first-order valence-electron chi connectivity index (χ1n) is 5.49. The van der Waals surface area contributed by atoms with Crippen molar-refractivity contribution in [1.82, 2.24) is 10.2 Å². The van der Waals surface area contributed by atoms with E-state index in [0.717, 1.165) is 25.7 Å². The smallest absolute Gasteiger partial charge is 0.317 e. The zero-order valence-electron chi connectivity index (χ0n) is 8.85. The Hall–Kier alpha value is -0.290. The van der Waals surface area contributed by atoms with Gasteiger partial charge in [0.05, 0.1) is 6.54 Å². The minimum absolute atomic E-state index is 0.142. The molecule has 0 radical (unpaired) electrons. The predicted molar refractivity (Wildman–Crippen MR) is 51.7 cm³/mol. The molecule has 0 spiro atoms. The Bertz CT molecular complexity index is 215. The van der Waals surface area contributed by atoms with Crippen LogP contribution < -0.4 is 5.32 Å². The maximum absolute atomic E-state index is 12.3. The predicted octanol–water partition coefficient (Wildman–Crippen LogP) is 1.76. The third-order valence-corrected chi connectivity index (χ3v) is 3.65. The minimum Gasteiger partial charge on any atom is -0.317 e. The lowest BCUT2D eigenvalue weighted by Crippen LogP contribution is -2.51. The van der Waals surface area contributed by atoms with E-state index in [-0.39, 0.29) is 12.1 Å². The molecule has 5 heteroatoms. The summed E-state index contributed by atoms with van der Waals surface area (Å²) in [5.74, 6) is 0. The van der Waals surface area contributed by atoms with Gasteiger partial charge in [-0.1, -0.05) is 0 Å². The lowest BCUT2D eigenvalue weighted by Gasteiger charge is -2.39. The van der Waals surface area contributed by atoms with Gasteiger partial charge in [-0.3, -0.25) is 4.90 Å². The van der Waals surface area contributed by atoms with Crippen LogP contribution in [0.3, 0.4) is 0 Å². The van der Waals surface area contributed by atoms with E-state index in [2.05, 4.69) is 5.32 Å². The molecule has 2 aliphatic heterocycles. The normalized spacial score (nSPS) is 37.2. The Morgan fingerprint density at radius 2 is 1.73 bits per heavy atom. The van der Waals surface area contributed by atoms with E-state index in [0.29, 0.717) is 6.04 Å². The number of piperidine rings is 1. The van der Waals surface area contributed by atoms with Crippen LogP contribution in [0.1, 0.15) is 25.7 Å². The summed E-state index contributed by atoms with van der Waals surface area (Å²) in [7, 11) is 1.89. The average molecular weight is 222 g/mol. The molecule has 2 atom stereocenters. The van der Waals surface area contributed by atoms with E-state index in [4.69, 9.17) is 0 Å². The lowest BCUT2D eigenvalue weighted by molar-refractivity contribution is -0.155. The third kappa shape index (κ3) is 2.45. The highest BCUT2D eigenvalue weighted by atomic mass is 19.4. The zero-order chi connectivity index (χ0) is 11.1. The van der Waals surface area contributed by atoms with E-state index in [1.165, 1.54) is 0 Å². The number of hydrogen-bond donors (Lipinski definition) is 1. The molecular weight excluding hydrogens is 205 g/mol. The summed E-state index contributed by atoms with van der Waals surface area (Å²) in [6.45, 7) is -0.723. The van der Waals surface area contributed by atoms with Gasteiger partial charge in [-0.15, -0.1) is 0 Å². The summed E-state index contributed by atoms with van der Waals surface area (Å²) in [4.78, 5) is 1.66. The van der Waals surface area contributed by atoms with E-state index in [1.54, 1.807) is 4.90 Å². The molecule has 2 saturated heterocycles. The van der Waals surface area contributed by atoms with Gasteiger partial charge in [0.15, 0.2) is 0 Å². The number of rotatable bonds is 2. The molecule has 0 aromatic rings. The van der Waals surface area contributed by atoms with Crippen LogP contribution in [0.15, 0.2) is 0 Å². The van der Waals surface area contributed by atoms with Gasteiger partial charge in [0.2, 0.25) is 0 Å². The second-order valence-electron chi connectivity index (χ2n) is 4.63. The fourth-order valence-electron chi connectivity index (χ4n) is 2.98. The van der Waals surface area contributed by atoms with Crippen LogP contribution in [0.2, 0.25) is 0 Å². The van der Waals surface area contributed by atoms with E-state index in [1.807, 2.05) is 7.05 Å². The molecule has 0 aliphatic carbocycles. The first-order valence-corrected chi connectivity index (χ1v) is 5.49. The molecule has 2 nitrogen and oxygen atoms in total. The van der Waals surface area contributed by atoms with Crippen molar-refractivity contribution in [2.45, 2.75) is 50.0 Å². The number of alkyl halides is 3. The van der Waals surface area contributed by atoms with Gasteiger partial charge < -0.3 is 5.32 Å². The summed E-state index contributed by atoms with van der Waals surface area (Å²) in [6, 6.07) is 0.692. The maximum atomic E-state index is 12.3. The second-order valence-corrected chi connectivity index (χ2v) is 4.63. The Balaban J connectivity index is 1.99. The highest BCUT2D eigenvalue weighted by molar-refractivity contribution is 4.97. The minimum atomic E-state index is -4.05. The van der Waals surface area contributed by atoms with Gasteiger partial charge in [-0.05, 0) is 32.7 Å². The van der Waals surface area contributed by atoms with Crippen LogP contribution in [0.5, 0.6) is 0 Å². The molecule has 0 saturated carbocycles. The lowest BCUT2D eigenvalue weighted by atomic mass is 9.97. The van der Waals surface area contributed by atoms with Crippen molar-refractivity contribution in [1.29, 1.82) is 0 Å². The van der Waals surface area contributed by atoms with Gasteiger partial charge in [0.25, 0.3) is 0 Å². The first kappa shape index (κ1) is 11.2. The zero-order valence-corrected chi connectivity index (χ0v) is 8.85. The fraction of sp³-hybridized carbons (Fsp3) is 1.00.